The molecule has 0 fully saturated rings. The summed E-state index contributed by atoms with van der Waals surface area (Å²) < 4.78 is 14.2. The van der Waals surface area contributed by atoms with E-state index in [1.54, 1.807) is 0 Å². The Morgan fingerprint density at radius 2 is 1.08 bits per heavy atom. The highest BCUT2D eigenvalue weighted by molar-refractivity contribution is 6.26. The van der Waals surface area contributed by atoms with Gasteiger partial charge in [0.1, 0.15) is 11.2 Å². The van der Waals surface area contributed by atoms with Crippen LogP contribution in [0.4, 0.5) is 0 Å². The number of hydrogen-bond donors (Lipinski definition) is 0. The van der Waals surface area contributed by atoms with E-state index >= 15 is 0 Å². The Balaban J connectivity index is 1.49. The van der Waals surface area contributed by atoms with Crippen molar-refractivity contribution in [1.82, 2.24) is 13.8 Å². The van der Waals surface area contributed by atoms with E-state index < -0.39 is 0 Å². The Labute approximate surface area is 273 Å². The topological polar surface area (TPSA) is 27.4 Å². The Bertz CT molecular complexity index is 3290. The highest BCUT2D eigenvalue weighted by Crippen LogP contribution is 2.47. The number of benzene rings is 8. The molecule has 0 bridgehead atoms. The van der Waals surface area contributed by atoms with Gasteiger partial charge in [0.15, 0.2) is 0 Å². The number of aromatic nitrogens is 3. The smallest absolute Gasteiger partial charge is 0.138 e. The second-order valence-electron chi connectivity index (χ2n) is 13.0. The van der Waals surface area contributed by atoms with E-state index in [2.05, 4.69) is 165 Å². The van der Waals surface area contributed by atoms with Crippen molar-refractivity contribution in [2.45, 2.75) is 0 Å². The summed E-state index contributed by atoms with van der Waals surface area (Å²) in [5.41, 5.74) is 9.89. The molecule has 0 saturated heterocycles. The molecule has 0 aliphatic carbocycles. The molecule has 0 N–H and O–H groups in total. The summed E-state index contributed by atoms with van der Waals surface area (Å²) in [6, 6.07) is 55.1. The largest absolute Gasteiger partial charge is 0.456 e. The molecule has 8 aromatic carbocycles. The summed E-state index contributed by atoms with van der Waals surface area (Å²) in [6.45, 7) is 0. The molecule has 0 unspecified atom stereocenters. The molecule has 0 amide bonds. The van der Waals surface area contributed by atoms with Crippen LogP contribution < -0.4 is 0 Å². The maximum atomic E-state index is 6.72. The molecule has 10 aromatic rings. The van der Waals surface area contributed by atoms with Gasteiger partial charge in [-0.2, -0.15) is 0 Å². The quantitative estimate of drug-likeness (QED) is 0.134. The second kappa shape index (κ2) is 8.64. The van der Waals surface area contributed by atoms with Crippen molar-refractivity contribution in [3.05, 3.63) is 152 Å². The monoisotopic (exact) mass is 611 g/mol. The van der Waals surface area contributed by atoms with Gasteiger partial charge in [-0.05, 0) is 52.6 Å². The molecule has 48 heavy (non-hydrogen) atoms. The summed E-state index contributed by atoms with van der Waals surface area (Å²) in [4.78, 5) is 0. The first-order valence-corrected chi connectivity index (χ1v) is 16.5. The van der Waals surface area contributed by atoms with E-state index in [9.17, 15) is 0 Å². The van der Waals surface area contributed by atoms with Crippen LogP contribution in [0.15, 0.2) is 156 Å². The molecule has 4 nitrogen and oxygen atoms in total. The first-order chi connectivity index (χ1) is 23.8. The van der Waals surface area contributed by atoms with E-state index in [1.165, 1.54) is 59.6 Å². The Morgan fingerprint density at radius 1 is 0.396 bits per heavy atom. The summed E-state index contributed by atoms with van der Waals surface area (Å²) in [7, 11) is 0. The van der Waals surface area contributed by atoms with Crippen LogP contribution >= 0.6 is 0 Å². The summed E-state index contributed by atoms with van der Waals surface area (Å²) in [6.07, 6.45) is 0. The molecule has 12 rings (SSSR count). The lowest BCUT2D eigenvalue weighted by Crippen LogP contribution is -2.17. The van der Waals surface area contributed by atoms with Crippen molar-refractivity contribution in [3.8, 4) is 11.4 Å². The molecular formula is C44H25N3O. The van der Waals surface area contributed by atoms with Gasteiger partial charge in [0.2, 0.25) is 0 Å². The highest BCUT2D eigenvalue weighted by Gasteiger charge is 2.29. The Morgan fingerprint density at radius 3 is 1.98 bits per heavy atom. The molecule has 4 heterocycles. The van der Waals surface area contributed by atoms with Crippen LogP contribution in [-0.4, -0.2) is 13.8 Å². The highest BCUT2D eigenvalue weighted by atomic mass is 16.3. The van der Waals surface area contributed by atoms with Crippen molar-refractivity contribution >= 4 is 92.6 Å². The first-order valence-electron chi connectivity index (χ1n) is 16.5. The summed E-state index contributed by atoms with van der Waals surface area (Å²) in [5, 5.41) is 12.0. The zero-order chi connectivity index (χ0) is 31.1. The van der Waals surface area contributed by atoms with Crippen molar-refractivity contribution in [2.75, 3.05) is 0 Å². The third kappa shape index (κ3) is 2.92. The maximum Gasteiger partial charge on any atom is 0.138 e. The maximum absolute atomic E-state index is 6.72. The van der Waals surface area contributed by atoms with Crippen LogP contribution in [-0.2, 0) is 0 Å². The molecule has 0 atom stereocenters. The van der Waals surface area contributed by atoms with Gasteiger partial charge >= 0.3 is 0 Å². The lowest BCUT2D eigenvalue weighted by atomic mass is 9.99. The SMILES string of the molecule is c1ccc2cc(-n3c4ccc5ccccc5c4n4n5c6ccccc6c6cccc(c7cc8oc9ccccc9c8c3c7-4)c65)ccc2c1. The molecule has 222 valence electrons. The Hall–Kier alpha value is -6.52. The van der Waals surface area contributed by atoms with E-state index in [0.717, 1.165) is 44.3 Å². The molecule has 4 heteroatoms. The van der Waals surface area contributed by atoms with Gasteiger partial charge in [-0.1, -0.05) is 115 Å². The fourth-order valence-electron chi connectivity index (χ4n) is 8.58. The normalized spacial score (nSPS) is 12.6. The second-order valence-corrected chi connectivity index (χ2v) is 13.0. The molecule has 2 aliphatic rings. The van der Waals surface area contributed by atoms with E-state index in [1.807, 2.05) is 0 Å². The van der Waals surface area contributed by atoms with E-state index in [-0.39, 0.29) is 0 Å². The Kier molecular flexibility index (Phi) is 4.44. The summed E-state index contributed by atoms with van der Waals surface area (Å²) >= 11 is 0. The molecule has 0 radical (unpaired) electrons. The average Bonchev–Trinajstić information content (AvgIpc) is 3.69. The standard InChI is InChI=1S/C44H25N3O/c1-2-12-28-24-29(22-20-26(28)10-1)45-37-23-21-27-11-3-4-13-30(27)42(37)47-43-35(25-39-40(44(43)45)34-15-6-8-19-38(34)48-39)33-17-9-16-32-31-14-5-7-18-36(31)46(47)41(32)33/h1-25H. The van der Waals surface area contributed by atoms with Gasteiger partial charge in [-0.15, -0.1) is 0 Å². The minimum absolute atomic E-state index is 0.890. The average molecular weight is 612 g/mol. The van der Waals surface area contributed by atoms with Crippen LogP contribution in [0, 0.1) is 0 Å². The number of nitrogens with zero attached hydrogens (tertiary/aromatic N) is 3. The third-order valence-corrected chi connectivity index (χ3v) is 10.5. The number of fused-ring (bicyclic) bond motifs is 14. The first kappa shape index (κ1) is 24.7. The van der Waals surface area contributed by atoms with Gasteiger partial charge < -0.3 is 8.98 Å². The predicted octanol–water partition coefficient (Wildman–Crippen LogP) is 11.8. The minimum Gasteiger partial charge on any atom is -0.456 e. The minimum atomic E-state index is 0.890. The number of rotatable bonds is 1. The van der Waals surface area contributed by atoms with Gasteiger partial charge in [-0.3, -0.25) is 0 Å². The molecule has 0 saturated carbocycles. The lowest BCUT2D eigenvalue weighted by Gasteiger charge is -2.28. The van der Waals surface area contributed by atoms with Gasteiger partial charge in [-0.25, -0.2) is 9.20 Å². The van der Waals surface area contributed by atoms with Gasteiger partial charge in [0.25, 0.3) is 0 Å². The number of hydrogen-bond acceptors (Lipinski definition) is 1. The van der Waals surface area contributed by atoms with Crippen molar-refractivity contribution in [2.24, 2.45) is 0 Å². The third-order valence-electron chi connectivity index (χ3n) is 10.5. The van der Waals surface area contributed by atoms with Crippen molar-refractivity contribution in [1.29, 1.82) is 0 Å². The molecule has 2 aromatic heterocycles. The van der Waals surface area contributed by atoms with E-state index in [0.29, 0.717) is 0 Å². The number of furan rings is 1. The van der Waals surface area contributed by atoms with Crippen molar-refractivity contribution in [3.63, 3.8) is 0 Å². The fourth-order valence-corrected chi connectivity index (χ4v) is 8.58. The lowest BCUT2D eigenvalue weighted by molar-refractivity contribution is 0.669. The fraction of sp³-hybridized carbons (Fsp3) is 0. The summed E-state index contributed by atoms with van der Waals surface area (Å²) in [5.74, 6) is 0. The van der Waals surface area contributed by atoms with Crippen LogP contribution in [0.25, 0.3) is 104 Å². The predicted molar refractivity (Wildman–Crippen MR) is 200 cm³/mol. The van der Waals surface area contributed by atoms with Crippen LogP contribution in [0.5, 0.6) is 0 Å². The zero-order valence-corrected chi connectivity index (χ0v) is 25.7. The molecule has 2 aliphatic heterocycles. The van der Waals surface area contributed by atoms with E-state index in [4.69, 9.17) is 4.42 Å². The van der Waals surface area contributed by atoms with Gasteiger partial charge in [0.05, 0.1) is 38.7 Å². The molecule has 0 spiro atoms. The van der Waals surface area contributed by atoms with Gasteiger partial charge in [0, 0.05) is 38.0 Å². The number of para-hydroxylation sites is 3. The van der Waals surface area contributed by atoms with Crippen LogP contribution in [0.3, 0.4) is 0 Å². The van der Waals surface area contributed by atoms with Crippen LogP contribution in [0.1, 0.15) is 0 Å². The molecular weight excluding hydrogens is 587 g/mol. The van der Waals surface area contributed by atoms with Crippen molar-refractivity contribution < 1.29 is 4.42 Å². The zero-order valence-electron chi connectivity index (χ0n) is 25.7. The van der Waals surface area contributed by atoms with Crippen LogP contribution in [0.2, 0.25) is 0 Å².